The van der Waals surface area contributed by atoms with Gasteiger partial charge in [0.25, 0.3) is 0 Å². The van der Waals surface area contributed by atoms with Crippen molar-refractivity contribution in [2.24, 2.45) is 0 Å². The van der Waals surface area contributed by atoms with Gasteiger partial charge in [-0.2, -0.15) is 0 Å². The Hall–Kier alpha value is -2.97. The molecule has 0 saturated carbocycles. The number of hydrogen-bond acceptors (Lipinski definition) is 14. The zero-order valence-corrected chi connectivity index (χ0v) is 28.3. The molecule has 49 heavy (non-hydrogen) atoms. The van der Waals surface area contributed by atoms with Crippen LogP contribution in [0, 0.1) is 0 Å². The SMILES string of the molecule is O=C(O)COCC(=O)NCCOCCOCCOCCOCCOCCOCCOCCOCCOCCNC(=O)OCc1ccccc1. The number of benzene rings is 1. The van der Waals surface area contributed by atoms with E-state index in [2.05, 4.69) is 15.4 Å². The first kappa shape index (κ1) is 44.1. The van der Waals surface area contributed by atoms with E-state index in [4.69, 9.17) is 52.5 Å². The number of hydrogen-bond donors (Lipinski definition) is 3. The molecule has 0 fully saturated rings. The number of alkyl carbamates (subject to hydrolysis) is 1. The summed E-state index contributed by atoms with van der Waals surface area (Å²) in [5.41, 5.74) is 0.929. The fourth-order valence-electron chi connectivity index (χ4n) is 3.41. The van der Waals surface area contributed by atoms with Gasteiger partial charge in [-0.15, -0.1) is 0 Å². The minimum absolute atomic E-state index is 0.229. The fraction of sp³-hybridized carbons (Fsp3) is 0.719. The number of carboxylic acids is 1. The molecule has 0 radical (unpaired) electrons. The van der Waals surface area contributed by atoms with Crippen molar-refractivity contribution in [1.29, 1.82) is 0 Å². The first-order valence-corrected chi connectivity index (χ1v) is 16.3. The smallest absolute Gasteiger partial charge is 0.407 e. The van der Waals surface area contributed by atoms with Crippen molar-refractivity contribution in [3.63, 3.8) is 0 Å². The number of amides is 2. The van der Waals surface area contributed by atoms with Crippen LogP contribution >= 0.6 is 0 Å². The Bertz CT molecular complexity index is 914. The lowest BCUT2D eigenvalue weighted by atomic mass is 10.2. The zero-order chi connectivity index (χ0) is 35.3. The van der Waals surface area contributed by atoms with E-state index in [9.17, 15) is 14.4 Å². The van der Waals surface area contributed by atoms with Crippen molar-refractivity contribution in [3.05, 3.63) is 35.9 Å². The molecular formula is C32H54N2O15. The Morgan fingerprint density at radius 3 is 1.22 bits per heavy atom. The highest BCUT2D eigenvalue weighted by molar-refractivity contribution is 5.77. The minimum atomic E-state index is -1.13. The van der Waals surface area contributed by atoms with Crippen molar-refractivity contribution in [2.45, 2.75) is 6.61 Å². The van der Waals surface area contributed by atoms with Gasteiger partial charge in [0, 0.05) is 13.1 Å². The number of nitrogens with one attached hydrogen (secondary N) is 2. The monoisotopic (exact) mass is 706 g/mol. The second-order valence-electron chi connectivity index (χ2n) is 9.74. The van der Waals surface area contributed by atoms with Crippen LogP contribution in [0.15, 0.2) is 30.3 Å². The Morgan fingerprint density at radius 1 is 0.469 bits per heavy atom. The Labute approximate surface area is 288 Å². The highest BCUT2D eigenvalue weighted by Crippen LogP contribution is 2.00. The molecule has 2 amide bonds. The van der Waals surface area contributed by atoms with E-state index >= 15 is 0 Å². The van der Waals surface area contributed by atoms with Crippen molar-refractivity contribution in [1.82, 2.24) is 10.6 Å². The molecule has 0 saturated heterocycles. The van der Waals surface area contributed by atoms with Crippen LogP contribution in [0.2, 0.25) is 0 Å². The molecule has 3 N–H and O–H groups in total. The highest BCUT2D eigenvalue weighted by Gasteiger charge is 2.04. The number of carbonyl (C=O) groups is 3. The summed E-state index contributed by atoms with van der Waals surface area (Å²) in [5.74, 6) is -1.53. The highest BCUT2D eigenvalue weighted by atomic mass is 16.6. The molecule has 1 aromatic rings. The maximum absolute atomic E-state index is 11.6. The summed E-state index contributed by atoms with van der Waals surface area (Å²) in [6.07, 6.45) is -0.479. The van der Waals surface area contributed by atoms with Gasteiger partial charge in [-0.25, -0.2) is 9.59 Å². The van der Waals surface area contributed by atoms with Crippen LogP contribution in [-0.4, -0.2) is 168 Å². The first-order chi connectivity index (χ1) is 24.1. The van der Waals surface area contributed by atoms with Gasteiger partial charge in [-0.3, -0.25) is 4.79 Å². The molecule has 17 nitrogen and oxygen atoms in total. The Kier molecular flexibility index (Phi) is 31.4. The summed E-state index contributed by atoms with van der Waals surface area (Å²) in [7, 11) is 0. The van der Waals surface area contributed by atoms with Crippen LogP contribution in [0.5, 0.6) is 0 Å². The molecule has 17 heteroatoms. The van der Waals surface area contributed by atoms with E-state index in [0.717, 1.165) is 5.56 Å². The molecule has 1 aromatic carbocycles. The van der Waals surface area contributed by atoms with Crippen LogP contribution in [-0.2, 0) is 68.3 Å². The molecule has 0 spiro atoms. The molecule has 0 aromatic heterocycles. The molecule has 0 aliphatic rings. The van der Waals surface area contributed by atoms with Crippen molar-refractivity contribution >= 4 is 18.0 Å². The van der Waals surface area contributed by atoms with Gasteiger partial charge in [0.05, 0.1) is 119 Å². The van der Waals surface area contributed by atoms with Gasteiger partial charge in [-0.05, 0) is 5.56 Å². The average Bonchev–Trinajstić information content (AvgIpc) is 3.10. The fourth-order valence-corrected chi connectivity index (χ4v) is 3.41. The summed E-state index contributed by atoms with van der Waals surface area (Å²) >= 11 is 0. The van der Waals surface area contributed by atoms with E-state index in [-0.39, 0.29) is 13.2 Å². The molecule has 0 aliphatic carbocycles. The molecule has 282 valence electrons. The van der Waals surface area contributed by atoms with E-state index in [1.165, 1.54) is 0 Å². The molecular weight excluding hydrogens is 652 g/mol. The van der Waals surface area contributed by atoms with Gasteiger partial charge < -0.3 is 67.8 Å². The molecule has 1 rings (SSSR count). The quantitative estimate of drug-likeness (QED) is 0.0804. The number of rotatable bonds is 36. The first-order valence-electron chi connectivity index (χ1n) is 16.3. The number of aliphatic carboxylic acids is 1. The van der Waals surface area contributed by atoms with Gasteiger partial charge in [-0.1, -0.05) is 30.3 Å². The predicted octanol–water partition coefficient (Wildman–Crippen LogP) is 0.280. The normalized spacial score (nSPS) is 11.0. The van der Waals surface area contributed by atoms with Gasteiger partial charge in [0.15, 0.2) is 0 Å². The van der Waals surface area contributed by atoms with Crippen LogP contribution < -0.4 is 10.6 Å². The average molecular weight is 707 g/mol. The van der Waals surface area contributed by atoms with E-state index in [1.807, 2.05) is 30.3 Å². The summed E-state index contributed by atoms with van der Waals surface area (Å²) in [6.45, 7) is 7.83. The maximum Gasteiger partial charge on any atom is 0.407 e. The molecule has 0 heterocycles. The van der Waals surface area contributed by atoms with Crippen molar-refractivity contribution in [2.75, 3.05) is 145 Å². The van der Waals surface area contributed by atoms with E-state index < -0.39 is 24.6 Å². The zero-order valence-electron chi connectivity index (χ0n) is 28.3. The number of carbonyl (C=O) groups excluding carboxylic acids is 2. The Morgan fingerprint density at radius 2 is 0.837 bits per heavy atom. The molecule has 0 aliphatic heterocycles. The standard InChI is InChI=1S/C32H54N2O15/c35-30(27-48-28-31(36)37)33-6-8-39-10-12-41-14-16-43-18-20-45-22-24-47-25-23-46-21-19-44-17-15-42-13-11-40-9-7-34-32(38)49-26-29-4-2-1-3-5-29/h1-5H,6-28H2,(H,33,35)(H,34,38)(H,36,37). The van der Waals surface area contributed by atoms with Crippen molar-refractivity contribution in [3.8, 4) is 0 Å². The number of ether oxygens (including phenoxy) is 11. The molecule has 0 bridgehead atoms. The third-order valence-electron chi connectivity index (χ3n) is 5.73. The van der Waals surface area contributed by atoms with E-state index in [0.29, 0.717) is 132 Å². The van der Waals surface area contributed by atoms with Crippen LogP contribution in [0.1, 0.15) is 5.56 Å². The second-order valence-corrected chi connectivity index (χ2v) is 9.74. The van der Waals surface area contributed by atoms with Crippen LogP contribution in [0.25, 0.3) is 0 Å². The summed E-state index contributed by atoms with van der Waals surface area (Å²) in [5, 5.41) is 13.6. The van der Waals surface area contributed by atoms with Gasteiger partial charge >= 0.3 is 12.1 Å². The van der Waals surface area contributed by atoms with Gasteiger partial charge in [0.2, 0.25) is 5.91 Å². The maximum atomic E-state index is 11.6. The summed E-state index contributed by atoms with van der Waals surface area (Å²) in [4.78, 5) is 33.3. The topological polar surface area (TPSA) is 197 Å². The second kappa shape index (κ2) is 34.9. The van der Waals surface area contributed by atoms with E-state index in [1.54, 1.807) is 0 Å². The predicted molar refractivity (Wildman–Crippen MR) is 173 cm³/mol. The Balaban J connectivity index is 1.65. The third-order valence-corrected chi connectivity index (χ3v) is 5.73. The summed E-state index contributed by atoms with van der Waals surface area (Å²) in [6, 6.07) is 9.47. The summed E-state index contributed by atoms with van der Waals surface area (Å²) < 4.78 is 58.6. The lowest BCUT2D eigenvalue weighted by Crippen LogP contribution is -2.31. The van der Waals surface area contributed by atoms with Crippen LogP contribution in [0.4, 0.5) is 4.79 Å². The third kappa shape index (κ3) is 33.3. The molecule has 0 unspecified atom stereocenters. The lowest BCUT2D eigenvalue weighted by molar-refractivity contribution is -0.143. The minimum Gasteiger partial charge on any atom is -0.480 e. The van der Waals surface area contributed by atoms with Crippen LogP contribution in [0.3, 0.4) is 0 Å². The molecule has 0 atom stereocenters. The number of carboxylic acid groups (broad SMARTS) is 1. The van der Waals surface area contributed by atoms with Crippen molar-refractivity contribution < 1.29 is 71.6 Å². The van der Waals surface area contributed by atoms with Gasteiger partial charge in [0.1, 0.15) is 19.8 Å². The lowest BCUT2D eigenvalue weighted by Gasteiger charge is -2.09. The largest absolute Gasteiger partial charge is 0.480 e.